The largest absolute Gasteiger partial charge is 0.493 e. The number of anilines is 1. The number of nitrogens with zero attached hydrogens (tertiary/aromatic N) is 7. The number of piperidine rings is 1. The van der Waals surface area contributed by atoms with Gasteiger partial charge in [-0.3, -0.25) is 14.5 Å². The van der Waals surface area contributed by atoms with Crippen molar-refractivity contribution in [3.63, 3.8) is 0 Å². The number of likely N-dealkylation sites (tertiary alicyclic amines) is 1. The van der Waals surface area contributed by atoms with E-state index in [0.717, 1.165) is 25.9 Å². The molecule has 15 nitrogen and oxygen atoms in total. The zero-order valence-electron chi connectivity index (χ0n) is 21.4. The van der Waals surface area contributed by atoms with E-state index in [2.05, 4.69) is 43.0 Å². The molecule has 4 rings (SSSR count). The molecule has 1 aliphatic heterocycles. The van der Waals surface area contributed by atoms with Gasteiger partial charge in [0, 0.05) is 12.1 Å². The fraction of sp³-hybridized carbons (Fsp3) is 0.435. The lowest BCUT2D eigenvalue weighted by Crippen LogP contribution is -2.34. The molecule has 1 saturated heterocycles. The van der Waals surface area contributed by atoms with Gasteiger partial charge in [-0.2, -0.15) is 9.78 Å². The van der Waals surface area contributed by atoms with Gasteiger partial charge in [-0.1, -0.05) is 12.1 Å². The molecule has 5 N–H and O–H groups in total. The van der Waals surface area contributed by atoms with E-state index in [0.29, 0.717) is 40.9 Å². The van der Waals surface area contributed by atoms with Crippen LogP contribution < -0.4 is 26.4 Å². The Bertz CT molecular complexity index is 1330. The van der Waals surface area contributed by atoms with Gasteiger partial charge in [-0.05, 0) is 67.3 Å². The third-order valence-electron chi connectivity index (χ3n) is 6.20. The Labute approximate surface area is 218 Å². The van der Waals surface area contributed by atoms with E-state index in [-0.39, 0.29) is 23.9 Å². The van der Waals surface area contributed by atoms with Crippen LogP contribution in [0.2, 0.25) is 0 Å². The van der Waals surface area contributed by atoms with E-state index in [1.165, 1.54) is 11.8 Å². The fourth-order valence-electron chi connectivity index (χ4n) is 3.97. The summed E-state index contributed by atoms with van der Waals surface area (Å²) >= 11 is 0. The molecule has 0 radical (unpaired) electrons. The van der Waals surface area contributed by atoms with Gasteiger partial charge < -0.3 is 20.9 Å². The Kier molecular flexibility index (Phi) is 8.15. The van der Waals surface area contributed by atoms with Gasteiger partial charge in [0.25, 0.3) is 11.8 Å². The molecule has 202 valence electrons. The number of rotatable bonds is 10. The number of carbonyl (C=O) groups is 2. The van der Waals surface area contributed by atoms with Crippen LogP contribution >= 0.6 is 0 Å². The predicted octanol–water partition coefficient (Wildman–Crippen LogP) is 0.491. The Balaban J connectivity index is 1.54. The second-order valence-corrected chi connectivity index (χ2v) is 8.99. The van der Waals surface area contributed by atoms with Crippen LogP contribution in [0.3, 0.4) is 0 Å². The first-order valence-electron chi connectivity index (χ1n) is 12.0. The van der Waals surface area contributed by atoms with Crippen LogP contribution in [0.4, 0.5) is 5.82 Å². The first kappa shape index (κ1) is 26.5. The van der Waals surface area contributed by atoms with E-state index < -0.39 is 11.8 Å². The minimum absolute atomic E-state index is 0.0291. The molecule has 0 saturated carbocycles. The molecule has 2 amide bonds. The average molecular weight is 527 g/mol. The summed E-state index contributed by atoms with van der Waals surface area (Å²) in [6.07, 6.45) is 2.10. The molecule has 3 aromatic rings. The number of nitrogens with two attached hydrogens (primary N) is 2. The number of carbonyl (C=O) groups excluding carboxylic acids is 2. The number of nitrogens with one attached hydrogen (secondary N) is 1. The van der Waals surface area contributed by atoms with Gasteiger partial charge >= 0.3 is 0 Å². The molecule has 38 heavy (non-hydrogen) atoms. The smallest absolute Gasteiger partial charge is 0.293 e. The number of ether oxygens (including phenoxy) is 2. The van der Waals surface area contributed by atoms with Crippen molar-refractivity contribution in [1.82, 2.24) is 35.6 Å². The maximum Gasteiger partial charge on any atom is 0.293 e. The molecule has 0 atom stereocenters. The van der Waals surface area contributed by atoms with Crippen molar-refractivity contribution >= 4 is 23.3 Å². The maximum absolute atomic E-state index is 13.2. The van der Waals surface area contributed by atoms with Crippen molar-refractivity contribution in [1.29, 1.82) is 0 Å². The summed E-state index contributed by atoms with van der Waals surface area (Å²) in [5, 5.41) is 19.8. The van der Waals surface area contributed by atoms with Crippen LogP contribution in [0.25, 0.3) is 5.82 Å². The number of amides is 2. The standard InChI is InChI=1S/C23H30N10O5/c1-13-6-8-32(9-7-13)11-16-20(27-31-33(16)22-21(25)29-38-30-22)23(35)28-26-14(2)15-4-5-17(18(10-15)36-3)37-12-19(24)34/h4-5,10,13H,6-9,11-12H2,1-3H3,(H2,24,34)(H2,25,29)(H,28,35). The summed E-state index contributed by atoms with van der Waals surface area (Å²) < 4.78 is 16.8. The van der Waals surface area contributed by atoms with Gasteiger partial charge in [0.15, 0.2) is 23.8 Å². The van der Waals surface area contributed by atoms with Gasteiger partial charge in [-0.15, -0.1) is 5.10 Å². The summed E-state index contributed by atoms with van der Waals surface area (Å²) in [5.41, 5.74) is 15.3. The third-order valence-corrected chi connectivity index (χ3v) is 6.20. The number of hydrazone groups is 1. The lowest BCUT2D eigenvalue weighted by Gasteiger charge is -2.30. The Hall–Kier alpha value is -4.53. The number of benzene rings is 1. The lowest BCUT2D eigenvalue weighted by molar-refractivity contribution is -0.119. The van der Waals surface area contributed by atoms with Gasteiger partial charge in [-0.25, -0.2) is 10.1 Å². The van der Waals surface area contributed by atoms with Crippen molar-refractivity contribution in [3.05, 3.63) is 35.2 Å². The number of aromatic nitrogens is 5. The van der Waals surface area contributed by atoms with Gasteiger partial charge in [0.1, 0.15) is 0 Å². The molecule has 2 aromatic heterocycles. The number of hydrogen-bond donors (Lipinski definition) is 3. The molecule has 15 heteroatoms. The first-order valence-corrected chi connectivity index (χ1v) is 12.0. The summed E-state index contributed by atoms with van der Waals surface area (Å²) in [6.45, 7) is 5.81. The minimum Gasteiger partial charge on any atom is -0.493 e. The van der Waals surface area contributed by atoms with Crippen LogP contribution in [-0.4, -0.2) is 74.5 Å². The highest BCUT2D eigenvalue weighted by molar-refractivity contribution is 6.01. The van der Waals surface area contributed by atoms with Crippen LogP contribution in [0.15, 0.2) is 27.9 Å². The van der Waals surface area contributed by atoms with E-state index >= 15 is 0 Å². The summed E-state index contributed by atoms with van der Waals surface area (Å²) in [7, 11) is 1.47. The quantitative estimate of drug-likeness (QED) is 0.245. The van der Waals surface area contributed by atoms with E-state index in [1.54, 1.807) is 25.1 Å². The van der Waals surface area contributed by atoms with Gasteiger partial charge in [0.05, 0.1) is 18.5 Å². The van der Waals surface area contributed by atoms with Gasteiger partial charge in [0.2, 0.25) is 11.6 Å². The molecule has 1 aliphatic rings. The highest BCUT2D eigenvalue weighted by Gasteiger charge is 2.27. The molecule has 1 fully saturated rings. The summed E-state index contributed by atoms with van der Waals surface area (Å²) in [4.78, 5) is 26.4. The van der Waals surface area contributed by atoms with Crippen LogP contribution in [0.1, 0.15) is 48.4 Å². The normalized spacial score (nSPS) is 14.9. The first-order chi connectivity index (χ1) is 18.3. The topological polar surface area (TPSA) is 202 Å². The zero-order chi connectivity index (χ0) is 27.2. The molecular formula is C23H30N10O5. The van der Waals surface area contributed by atoms with Crippen molar-refractivity contribution in [2.45, 2.75) is 33.2 Å². The third kappa shape index (κ3) is 6.05. The highest BCUT2D eigenvalue weighted by Crippen LogP contribution is 2.28. The molecule has 0 spiro atoms. The number of hydrogen-bond acceptors (Lipinski definition) is 12. The van der Waals surface area contributed by atoms with Crippen molar-refractivity contribution in [2.24, 2.45) is 16.8 Å². The van der Waals surface area contributed by atoms with E-state index in [4.69, 9.17) is 25.6 Å². The van der Waals surface area contributed by atoms with E-state index in [9.17, 15) is 9.59 Å². The van der Waals surface area contributed by atoms with Crippen LogP contribution in [0.5, 0.6) is 11.5 Å². The highest BCUT2D eigenvalue weighted by atomic mass is 16.6. The molecule has 0 bridgehead atoms. The van der Waals surface area contributed by atoms with Crippen molar-refractivity contribution < 1.29 is 23.7 Å². The second kappa shape index (κ2) is 11.7. The van der Waals surface area contributed by atoms with Crippen LogP contribution in [-0.2, 0) is 11.3 Å². The maximum atomic E-state index is 13.2. The number of methoxy groups -OCH3 is 1. The zero-order valence-corrected chi connectivity index (χ0v) is 21.4. The lowest BCUT2D eigenvalue weighted by atomic mass is 9.99. The monoisotopic (exact) mass is 526 g/mol. The minimum atomic E-state index is -0.606. The predicted molar refractivity (Wildman–Crippen MR) is 135 cm³/mol. The summed E-state index contributed by atoms with van der Waals surface area (Å²) in [5.74, 6) is 0.395. The van der Waals surface area contributed by atoms with E-state index in [1.807, 2.05) is 0 Å². The van der Waals surface area contributed by atoms with Crippen molar-refractivity contribution in [3.8, 4) is 17.3 Å². The Morgan fingerprint density at radius 2 is 2.00 bits per heavy atom. The fourth-order valence-corrected chi connectivity index (χ4v) is 3.97. The Morgan fingerprint density at radius 3 is 2.66 bits per heavy atom. The van der Waals surface area contributed by atoms with Crippen LogP contribution in [0, 0.1) is 5.92 Å². The number of nitrogen functional groups attached to an aromatic ring is 1. The number of primary amides is 1. The Morgan fingerprint density at radius 1 is 1.24 bits per heavy atom. The molecule has 3 heterocycles. The average Bonchev–Trinajstić information content (AvgIpc) is 3.52. The van der Waals surface area contributed by atoms with Crippen molar-refractivity contribution in [2.75, 3.05) is 32.5 Å². The molecule has 0 unspecified atom stereocenters. The molecule has 1 aromatic carbocycles. The second-order valence-electron chi connectivity index (χ2n) is 8.99. The SMILES string of the molecule is COc1cc(C(C)=NNC(=O)c2nnn(-c3nonc3N)c2CN2CCC(C)CC2)ccc1OCC(N)=O. The molecular weight excluding hydrogens is 496 g/mol. The summed E-state index contributed by atoms with van der Waals surface area (Å²) in [6, 6.07) is 5.00. The molecule has 0 aliphatic carbocycles.